The topological polar surface area (TPSA) is 57.3 Å². The van der Waals surface area contributed by atoms with E-state index in [9.17, 15) is 4.79 Å². The Bertz CT molecular complexity index is 902. The van der Waals surface area contributed by atoms with Gasteiger partial charge in [-0.25, -0.2) is 4.98 Å². The molecule has 1 aromatic heterocycles. The lowest BCUT2D eigenvalue weighted by atomic mass is 10.1. The molecule has 0 spiro atoms. The molecule has 0 aliphatic rings. The van der Waals surface area contributed by atoms with Crippen LogP contribution in [0.3, 0.4) is 0 Å². The van der Waals surface area contributed by atoms with Gasteiger partial charge in [0.2, 0.25) is 0 Å². The van der Waals surface area contributed by atoms with E-state index >= 15 is 0 Å². The summed E-state index contributed by atoms with van der Waals surface area (Å²) in [4.78, 5) is 18.9. The van der Waals surface area contributed by atoms with Crippen LogP contribution in [0.1, 0.15) is 22.8 Å². The zero-order chi connectivity index (χ0) is 19.2. The summed E-state index contributed by atoms with van der Waals surface area (Å²) in [6, 6.07) is 19.4. The number of nitrogens with one attached hydrogen (secondary N) is 2. The Kier molecular flexibility index (Phi) is 5.71. The van der Waals surface area contributed by atoms with Gasteiger partial charge in [0.05, 0.1) is 0 Å². The van der Waals surface area contributed by atoms with Crippen molar-refractivity contribution in [2.24, 2.45) is 0 Å². The van der Waals surface area contributed by atoms with Gasteiger partial charge in [-0.05, 0) is 60.5 Å². The number of anilines is 4. The fourth-order valence-electron chi connectivity index (χ4n) is 2.66. The minimum absolute atomic E-state index is 0.160. The highest BCUT2D eigenvalue weighted by molar-refractivity contribution is 6.04. The van der Waals surface area contributed by atoms with Crippen LogP contribution in [0.25, 0.3) is 0 Å². The quantitative estimate of drug-likeness (QED) is 0.669. The van der Waals surface area contributed by atoms with Gasteiger partial charge in [-0.15, -0.1) is 0 Å². The molecule has 138 valence electrons. The van der Waals surface area contributed by atoms with Crippen LogP contribution in [-0.2, 0) is 6.42 Å². The standard InChI is InChI=1S/C22H24N4O/c1-4-16-5-7-19(8-6-16)25-22(27)17-13-14-23-21(15-17)24-18-9-11-20(12-10-18)26(2)3/h5-15H,4H2,1-3H3,(H,23,24)(H,25,27). The monoisotopic (exact) mass is 360 g/mol. The summed E-state index contributed by atoms with van der Waals surface area (Å²) in [7, 11) is 4.00. The van der Waals surface area contributed by atoms with Crippen LogP contribution < -0.4 is 15.5 Å². The van der Waals surface area contributed by atoms with Gasteiger partial charge in [0.1, 0.15) is 5.82 Å². The molecule has 1 heterocycles. The number of amides is 1. The Morgan fingerprint density at radius 1 is 0.963 bits per heavy atom. The summed E-state index contributed by atoms with van der Waals surface area (Å²) in [6.45, 7) is 2.10. The smallest absolute Gasteiger partial charge is 0.255 e. The van der Waals surface area contributed by atoms with Crippen molar-refractivity contribution in [1.82, 2.24) is 4.98 Å². The van der Waals surface area contributed by atoms with Gasteiger partial charge >= 0.3 is 0 Å². The Hall–Kier alpha value is -3.34. The van der Waals surface area contributed by atoms with E-state index in [-0.39, 0.29) is 5.91 Å². The van der Waals surface area contributed by atoms with Crippen molar-refractivity contribution in [1.29, 1.82) is 0 Å². The molecule has 3 rings (SSSR count). The van der Waals surface area contributed by atoms with E-state index < -0.39 is 0 Å². The third-order valence-electron chi connectivity index (χ3n) is 4.30. The van der Waals surface area contributed by atoms with Gasteiger partial charge in [-0.1, -0.05) is 19.1 Å². The predicted molar refractivity (Wildman–Crippen MR) is 112 cm³/mol. The summed E-state index contributed by atoms with van der Waals surface area (Å²) >= 11 is 0. The second-order valence-corrected chi connectivity index (χ2v) is 6.50. The first-order chi connectivity index (χ1) is 13.0. The average Bonchev–Trinajstić information content (AvgIpc) is 2.69. The largest absolute Gasteiger partial charge is 0.378 e. The summed E-state index contributed by atoms with van der Waals surface area (Å²) in [5, 5.41) is 6.16. The summed E-state index contributed by atoms with van der Waals surface area (Å²) in [5.74, 6) is 0.467. The van der Waals surface area contributed by atoms with Gasteiger partial charge in [0, 0.05) is 42.9 Å². The number of nitrogens with zero attached hydrogens (tertiary/aromatic N) is 2. The van der Waals surface area contributed by atoms with Crippen LogP contribution >= 0.6 is 0 Å². The minimum atomic E-state index is -0.160. The fourth-order valence-corrected chi connectivity index (χ4v) is 2.66. The normalized spacial score (nSPS) is 10.3. The van der Waals surface area contributed by atoms with E-state index in [1.807, 2.05) is 67.5 Å². The van der Waals surface area contributed by atoms with Crippen LogP contribution in [0.15, 0.2) is 66.9 Å². The van der Waals surface area contributed by atoms with Crippen LogP contribution in [0.2, 0.25) is 0 Å². The highest BCUT2D eigenvalue weighted by Crippen LogP contribution is 2.20. The average molecular weight is 360 g/mol. The van der Waals surface area contributed by atoms with Crippen LogP contribution in [0.4, 0.5) is 22.9 Å². The van der Waals surface area contributed by atoms with Crippen molar-refractivity contribution in [3.63, 3.8) is 0 Å². The SMILES string of the molecule is CCc1ccc(NC(=O)c2ccnc(Nc3ccc(N(C)C)cc3)c2)cc1. The Morgan fingerprint density at radius 2 is 1.63 bits per heavy atom. The first-order valence-electron chi connectivity index (χ1n) is 8.96. The molecule has 0 atom stereocenters. The number of pyridine rings is 1. The summed E-state index contributed by atoms with van der Waals surface area (Å²) in [5.41, 5.74) is 4.61. The molecular weight excluding hydrogens is 336 g/mol. The van der Waals surface area contributed by atoms with Gasteiger partial charge in [0.25, 0.3) is 5.91 Å². The van der Waals surface area contributed by atoms with E-state index in [0.717, 1.165) is 23.5 Å². The van der Waals surface area contributed by atoms with Crippen molar-refractivity contribution < 1.29 is 4.79 Å². The number of carbonyl (C=O) groups excluding carboxylic acids is 1. The van der Waals surface area contributed by atoms with Crippen molar-refractivity contribution in [2.75, 3.05) is 29.6 Å². The van der Waals surface area contributed by atoms with Crippen LogP contribution in [0.5, 0.6) is 0 Å². The lowest BCUT2D eigenvalue weighted by molar-refractivity contribution is 0.102. The summed E-state index contributed by atoms with van der Waals surface area (Å²) in [6.07, 6.45) is 2.61. The van der Waals surface area contributed by atoms with E-state index in [0.29, 0.717) is 11.4 Å². The molecule has 2 N–H and O–H groups in total. The molecule has 0 radical (unpaired) electrons. The molecule has 1 amide bonds. The molecule has 2 aromatic carbocycles. The summed E-state index contributed by atoms with van der Waals surface area (Å²) < 4.78 is 0. The molecule has 0 aliphatic carbocycles. The maximum absolute atomic E-state index is 12.5. The predicted octanol–water partition coefficient (Wildman–Crippen LogP) is 4.71. The number of rotatable bonds is 6. The van der Waals surface area contributed by atoms with Crippen molar-refractivity contribution >= 4 is 28.8 Å². The number of aromatic nitrogens is 1. The first-order valence-corrected chi connectivity index (χ1v) is 8.96. The lowest BCUT2D eigenvalue weighted by Gasteiger charge is -2.13. The van der Waals surface area contributed by atoms with E-state index in [4.69, 9.17) is 0 Å². The third-order valence-corrected chi connectivity index (χ3v) is 4.30. The Labute approximate surface area is 160 Å². The molecule has 0 saturated heterocycles. The zero-order valence-corrected chi connectivity index (χ0v) is 15.9. The fraction of sp³-hybridized carbons (Fsp3) is 0.182. The maximum Gasteiger partial charge on any atom is 0.255 e. The molecule has 27 heavy (non-hydrogen) atoms. The molecule has 0 bridgehead atoms. The van der Waals surface area contributed by atoms with E-state index in [1.165, 1.54) is 5.56 Å². The second kappa shape index (κ2) is 8.36. The highest BCUT2D eigenvalue weighted by Gasteiger charge is 2.08. The molecular formula is C22H24N4O. The zero-order valence-electron chi connectivity index (χ0n) is 15.9. The maximum atomic E-state index is 12.5. The van der Waals surface area contributed by atoms with Gasteiger partial charge in [0.15, 0.2) is 0 Å². The molecule has 0 unspecified atom stereocenters. The van der Waals surface area contributed by atoms with Crippen LogP contribution in [-0.4, -0.2) is 25.0 Å². The Morgan fingerprint density at radius 3 is 2.26 bits per heavy atom. The van der Waals surface area contributed by atoms with Crippen molar-refractivity contribution in [3.8, 4) is 0 Å². The molecule has 0 fully saturated rings. The van der Waals surface area contributed by atoms with E-state index in [2.05, 4.69) is 22.5 Å². The number of benzene rings is 2. The molecule has 3 aromatic rings. The van der Waals surface area contributed by atoms with Gasteiger partial charge in [-0.2, -0.15) is 0 Å². The molecule has 5 nitrogen and oxygen atoms in total. The van der Waals surface area contributed by atoms with Crippen LogP contribution in [0, 0.1) is 0 Å². The molecule has 5 heteroatoms. The van der Waals surface area contributed by atoms with Gasteiger partial charge < -0.3 is 15.5 Å². The molecule has 0 saturated carbocycles. The first kappa shape index (κ1) is 18.5. The molecule has 0 aliphatic heterocycles. The third kappa shape index (κ3) is 4.85. The number of hydrogen-bond acceptors (Lipinski definition) is 4. The van der Waals surface area contributed by atoms with Crippen molar-refractivity contribution in [2.45, 2.75) is 13.3 Å². The number of hydrogen-bond donors (Lipinski definition) is 2. The minimum Gasteiger partial charge on any atom is -0.378 e. The van der Waals surface area contributed by atoms with E-state index in [1.54, 1.807) is 18.3 Å². The van der Waals surface area contributed by atoms with Crippen molar-refractivity contribution in [3.05, 3.63) is 78.0 Å². The lowest BCUT2D eigenvalue weighted by Crippen LogP contribution is -2.12. The highest BCUT2D eigenvalue weighted by atomic mass is 16.1. The Balaban J connectivity index is 1.69. The second-order valence-electron chi connectivity index (χ2n) is 6.50. The van der Waals surface area contributed by atoms with Gasteiger partial charge in [-0.3, -0.25) is 4.79 Å². The number of carbonyl (C=O) groups is 1. The number of aryl methyl sites for hydroxylation is 1.